The third-order valence-corrected chi connectivity index (χ3v) is 4.32. The normalized spacial score (nSPS) is 10.7. The third kappa shape index (κ3) is 15.2. The molecule has 3 N–H and O–H groups in total. The number of rotatable bonds is 3. The van der Waals surface area contributed by atoms with Crippen LogP contribution in [0.4, 0.5) is 8.78 Å². The SMILES string of the molecule is CCC(=O)OC(C)(C)C.CN.COC(=O)C(O)c1ccccc1.Cc1c(F)cc(F)cc1Br. The van der Waals surface area contributed by atoms with E-state index < -0.39 is 23.7 Å². The minimum Gasteiger partial charge on any atom is -0.467 e. The van der Waals surface area contributed by atoms with Crippen LogP contribution in [-0.2, 0) is 19.1 Å². The van der Waals surface area contributed by atoms with Gasteiger partial charge in [0.2, 0.25) is 0 Å². The Morgan fingerprint density at radius 2 is 1.64 bits per heavy atom. The van der Waals surface area contributed by atoms with Crippen LogP contribution >= 0.6 is 15.9 Å². The summed E-state index contributed by atoms with van der Waals surface area (Å²) in [6, 6.07) is 10.7. The standard InChI is InChI=1S/C9H10O3.C7H5BrF2.C7H14O2.CH5N/c1-12-9(11)8(10)7-5-3-2-4-6-7;1-4-6(8)2-5(9)3-7(4)10;1-5-6(8)9-7(2,3)4;1-2/h2-6,8,10H,1H3;2-3H,1H3;5H2,1-4H3;2H2,1H3. The highest BCUT2D eigenvalue weighted by atomic mass is 79.9. The van der Waals surface area contributed by atoms with Crippen LogP contribution in [0.1, 0.15) is 51.3 Å². The van der Waals surface area contributed by atoms with E-state index in [0.717, 1.165) is 6.07 Å². The summed E-state index contributed by atoms with van der Waals surface area (Å²) in [4.78, 5) is 21.4. The maximum atomic E-state index is 12.6. The second-order valence-corrected chi connectivity index (χ2v) is 8.13. The largest absolute Gasteiger partial charge is 0.467 e. The maximum absolute atomic E-state index is 12.6. The molecular formula is C24H34BrF2NO5. The van der Waals surface area contributed by atoms with Gasteiger partial charge in [-0.3, -0.25) is 4.79 Å². The number of benzene rings is 2. The third-order valence-electron chi connectivity index (χ3n) is 3.49. The van der Waals surface area contributed by atoms with E-state index in [-0.39, 0.29) is 11.6 Å². The first kappa shape index (κ1) is 32.8. The van der Waals surface area contributed by atoms with Crippen LogP contribution in [-0.4, -0.2) is 36.8 Å². The van der Waals surface area contributed by atoms with Gasteiger partial charge in [0.1, 0.15) is 17.2 Å². The molecule has 0 spiro atoms. The number of ether oxygens (including phenoxy) is 2. The first-order valence-electron chi connectivity index (χ1n) is 10.0. The lowest BCUT2D eigenvalue weighted by Gasteiger charge is -2.18. The van der Waals surface area contributed by atoms with Crippen LogP contribution < -0.4 is 5.73 Å². The maximum Gasteiger partial charge on any atom is 0.339 e. The second-order valence-electron chi connectivity index (χ2n) is 7.27. The number of hydrogen-bond donors (Lipinski definition) is 2. The Balaban J connectivity index is 0. The van der Waals surface area contributed by atoms with Crippen molar-refractivity contribution >= 4 is 27.9 Å². The first-order chi connectivity index (χ1) is 15.3. The zero-order chi connectivity index (χ0) is 26.2. The van der Waals surface area contributed by atoms with Gasteiger partial charge in [-0.1, -0.05) is 53.2 Å². The smallest absolute Gasteiger partial charge is 0.339 e. The fourth-order valence-corrected chi connectivity index (χ4v) is 2.32. The van der Waals surface area contributed by atoms with Crippen molar-refractivity contribution in [3.8, 4) is 0 Å². The van der Waals surface area contributed by atoms with E-state index in [9.17, 15) is 23.5 Å². The van der Waals surface area contributed by atoms with Crippen LogP contribution in [0.3, 0.4) is 0 Å². The van der Waals surface area contributed by atoms with Crippen LogP contribution in [0.2, 0.25) is 0 Å². The average Bonchev–Trinajstić information content (AvgIpc) is 2.78. The highest BCUT2D eigenvalue weighted by molar-refractivity contribution is 9.10. The number of methoxy groups -OCH3 is 1. The molecule has 1 unspecified atom stereocenters. The van der Waals surface area contributed by atoms with Gasteiger partial charge in [-0.2, -0.15) is 0 Å². The molecule has 9 heteroatoms. The summed E-state index contributed by atoms with van der Waals surface area (Å²) in [6.07, 6.45) is -0.715. The monoisotopic (exact) mass is 533 g/mol. The lowest BCUT2D eigenvalue weighted by molar-refractivity contribution is -0.154. The van der Waals surface area contributed by atoms with E-state index in [0.29, 0.717) is 22.0 Å². The number of nitrogens with two attached hydrogens (primary N) is 1. The van der Waals surface area contributed by atoms with Crippen LogP contribution in [0, 0.1) is 18.6 Å². The summed E-state index contributed by atoms with van der Waals surface area (Å²) in [5.74, 6) is -1.86. The lowest BCUT2D eigenvalue weighted by atomic mass is 10.1. The van der Waals surface area contributed by atoms with Crippen LogP contribution in [0.5, 0.6) is 0 Å². The molecule has 2 aromatic carbocycles. The number of carbonyl (C=O) groups excluding carboxylic acids is 2. The molecule has 0 heterocycles. The lowest BCUT2D eigenvalue weighted by Crippen LogP contribution is -2.23. The van der Waals surface area contributed by atoms with Gasteiger partial charge >= 0.3 is 11.9 Å². The fourth-order valence-electron chi connectivity index (χ4n) is 1.91. The van der Waals surface area contributed by atoms with Crippen molar-refractivity contribution in [1.29, 1.82) is 0 Å². The molecule has 1 atom stereocenters. The topological polar surface area (TPSA) is 98.9 Å². The van der Waals surface area contributed by atoms with Crippen LogP contribution in [0.25, 0.3) is 0 Å². The molecular weight excluding hydrogens is 500 g/mol. The molecule has 6 nitrogen and oxygen atoms in total. The Labute approximate surface area is 203 Å². The highest BCUT2D eigenvalue weighted by Crippen LogP contribution is 2.19. The number of hydrogen-bond acceptors (Lipinski definition) is 6. The summed E-state index contributed by atoms with van der Waals surface area (Å²) >= 11 is 3.02. The second kappa shape index (κ2) is 17.2. The molecule has 0 aliphatic rings. The quantitative estimate of drug-likeness (QED) is 0.523. The Morgan fingerprint density at radius 1 is 1.12 bits per heavy atom. The van der Waals surface area contributed by atoms with E-state index in [4.69, 9.17) is 4.74 Å². The number of aliphatic hydroxyl groups excluding tert-OH is 1. The Bertz CT molecular complexity index is 819. The van der Waals surface area contributed by atoms with E-state index in [1.54, 1.807) is 38.1 Å². The summed E-state index contributed by atoms with van der Waals surface area (Å²) in [5, 5.41) is 9.31. The molecule has 0 aliphatic heterocycles. The van der Waals surface area contributed by atoms with Crippen molar-refractivity contribution in [3.63, 3.8) is 0 Å². The number of halogens is 3. The molecule has 186 valence electrons. The minimum atomic E-state index is -1.17. The van der Waals surface area contributed by atoms with Gasteiger partial charge in [0.05, 0.1) is 7.11 Å². The van der Waals surface area contributed by atoms with E-state index in [1.165, 1.54) is 20.2 Å². The molecule has 0 aromatic heterocycles. The fraction of sp³-hybridized carbons (Fsp3) is 0.417. The van der Waals surface area contributed by atoms with E-state index in [1.807, 2.05) is 26.8 Å². The van der Waals surface area contributed by atoms with E-state index in [2.05, 4.69) is 26.4 Å². The summed E-state index contributed by atoms with van der Waals surface area (Å²) < 4.78 is 34.7. The molecule has 2 aromatic rings. The minimum absolute atomic E-state index is 0.137. The first-order valence-corrected chi connectivity index (χ1v) is 10.8. The van der Waals surface area contributed by atoms with Gasteiger partial charge in [0.15, 0.2) is 6.10 Å². The summed E-state index contributed by atoms with van der Waals surface area (Å²) in [7, 11) is 2.74. The Hall–Kier alpha value is -2.36. The van der Waals surface area contributed by atoms with Crippen molar-refractivity contribution in [2.75, 3.05) is 14.2 Å². The van der Waals surface area contributed by atoms with Gasteiger partial charge < -0.3 is 20.3 Å². The zero-order valence-electron chi connectivity index (χ0n) is 20.1. The Morgan fingerprint density at radius 3 is 2.00 bits per heavy atom. The molecule has 33 heavy (non-hydrogen) atoms. The molecule has 0 aliphatic carbocycles. The predicted octanol–water partition coefficient (Wildman–Crippen LogP) is 5.24. The predicted molar refractivity (Wildman–Crippen MR) is 128 cm³/mol. The van der Waals surface area contributed by atoms with Gasteiger partial charge in [0, 0.05) is 17.0 Å². The van der Waals surface area contributed by atoms with Crippen molar-refractivity contribution < 1.29 is 33.0 Å². The molecule has 0 saturated carbocycles. The van der Waals surface area contributed by atoms with Crippen molar-refractivity contribution in [3.05, 3.63) is 69.7 Å². The molecule has 0 bridgehead atoms. The number of carbonyl (C=O) groups is 2. The Kier molecular flexibility index (Phi) is 17.1. The zero-order valence-corrected chi connectivity index (χ0v) is 21.7. The number of esters is 2. The van der Waals surface area contributed by atoms with Gasteiger partial charge in [-0.05, 0) is 51.9 Å². The van der Waals surface area contributed by atoms with Gasteiger partial charge in [-0.25, -0.2) is 13.6 Å². The van der Waals surface area contributed by atoms with Gasteiger partial charge in [-0.15, -0.1) is 0 Å². The molecule has 0 saturated heterocycles. The van der Waals surface area contributed by atoms with Crippen molar-refractivity contribution in [1.82, 2.24) is 0 Å². The van der Waals surface area contributed by atoms with Gasteiger partial charge in [0.25, 0.3) is 0 Å². The van der Waals surface area contributed by atoms with E-state index >= 15 is 0 Å². The summed E-state index contributed by atoms with van der Waals surface area (Å²) in [6.45, 7) is 8.95. The molecule has 0 amide bonds. The van der Waals surface area contributed by atoms with Crippen molar-refractivity contribution in [2.24, 2.45) is 5.73 Å². The molecule has 0 fully saturated rings. The molecule has 2 rings (SSSR count). The molecule has 0 radical (unpaired) electrons. The van der Waals surface area contributed by atoms with Crippen LogP contribution in [0.15, 0.2) is 46.9 Å². The average molecular weight is 534 g/mol. The summed E-state index contributed by atoms with van der Waals surface area (Å²) in [5.41, 5.74) is 5.15. The highest BCUT2D eigenvalue weighted by Gasteiger charge is 2.16. The van der Waals surface area contributed by atoms with Crippen molar-refractivity contribution in [2.45, 2.75) is 52.7 Å². The number of aliphatic hydroxyl groups is 1.